The predicted molar refractivity (Wildman–Crippen MR) is 52.4 cm³/mol. The van der Waals surface area contributed by atoms with E-state index in [2.05, 4.69) is 6.58 Å². The van der Waals surface area contributed by atoms with E-state index in [1.165, 1.54) is 5.57 Å². The molecule has 0 spiro atoms. The van der Waals surface area contributed by atoms with Gasteiger partial charge < -0.3 is 5.11 Å². The van der Waals surface area contributed by atoms with Crippen molar-refractivity contribution in [1.82, 2.24) is 0 Å². The van der Waals surface area contributed by atoms with Crippen LogP contribution in [0, 0.1) is 5.92 Å². The minimum absolute atomic E-state index is 0.118. The fraction of sp³-hybridized carbons (Fsp3) is 0.800. The van der Waals surface area contributed by atoms with Gasteiger partial charge in [-0.3, -0.25) is 0 Å². The van der Waals surface area contributed by atoms with Gasteiger partial charge in [-0.2, -0.15) is 0 Å². The highest BCUT2D eigenvalue weighted by molar-refractivity contribution is 6.21. The van der Waals surface area contributed by atoms with Crippen LogP contribution < -0.4 is 0 Å². The lowest BCUT2D eigenvalue weighted by molar-refractivity contribution is 0.0170. The fourth-order valence-electron chi connectivity index (χ4n) is 1.69. The SMILES string of the molecule is C=C(C)C1CCC(C)(O)C(Cl)C1. The molecule has 0 bridgehead atoms. The maximum atomic E-state index is 9.78. The minimum atomic E-state index is -0.673. The Balaban J connectivity index is 2.58. The summed E-state index contributed by atoms with van der Waals surface area (Å²) in [4.78, 5) is 0. The zero-order chi connectivity index (χ0) is 9.35. The van der Waals surface area contributed by atoms with Crippen LogP contribution in [-0.4, -0.2) is 16.1 Å². The van der Waals surface area contributed by atoms with Crippen LogP contribution in [0.15, 0.2) is 12.2 Å². The molecule has 70 valence electrons. The molecule has 3 unspecified atom stereocenters. The van der Waals surface area contributed by atoms with Gasteiger partial charge >= 0.3 is 0 Å². The Morgan fingerprint density at radius 3 is 2.67 bits per heavy atom. The van der Waals surface area contributed by atoms with Gasteiger partial charge in [-0.25, -0.2) is 0 Å². The number of aliphatic hydroxyl groups is 1. The topological polar surface area (TPSA) is 20.2 Å². The first-order chi connectivity index (χ1) is 5.43. The number of allylic oxidation sites excluding steroid dienone is 1. The van der Waals surface area contributed by atoms with Crippen molar-refractivity contribution in [1.29, 1.82) is 0 Å². The standard InChI is InChI=1S/C10H17ClO/c1-7(2)8-4-5-10(3,12)9(11)6-8/h8-9,12H,1,4-6H2,2-3H3. The Kier molecular flexibility index (Phi) is 2.84. The Hall–Kier alpha value is -0.0100. The van der Waals surface area contributed by atoms with Crippen molar-refractivity contribution < 1.29 is 5.11 Å². The van der Waals surface area contributed by atoms with E-state index in [4.69, 9.17) is 11.6 Å². The molecule has 12 heavy (non-hydrogen) atoms. The van der Waals surface area contributed by atoms with Crippen molar-refractivity contribution in [2.75, 3.05) is 0 Å². The molecule has 1 aliphatic carbocycles. The van der Waals surface area contributed by atoms with Crippen LogP contribution in [0.2, 0.25) is 0 Å². The second kappa shape index (κ2) is 3.39. The molecule has 1 aliphatic rings. The Bertz CT molecular complexity index is 186. The lowest BCUT2D eigenvalue weighted by atomic mass is 9.77. The normalized spacial score (nSPS) is 42.7. The van der Waals surface area contributed by atoms with Crippen LogP contribution in [-0.2, 0) is 0 Å². The number of hydrogen-bond donors (Lipinski definition) is 1. The van der Waals surface area contributed by atoms with Crippen LogP contribution in [0.1, 0.15) is 33.1 Å². The van der Waals surface area contributed by atoms with Gasteiger partial charge in [0.25, 0.3) is 0 Å². The maximum Gasteiger partial charge on any atom is 0.0783 e. The van der Waals surface area contributed by atoms with E-state index in [9.17, 15) is 5.11 Å². The van der Waals surface area contributed by atoms with E-state index in [1.54, 1.807) is 0 Å². The van der Waals surface area contributed by atoms with Gasteiger partial charge in [-0.05, 0) is 39.0 Å². The lowest BCUT2D eigenvalue weighted by Gasteiger charge is -2.37. The number of rotatable bonds is 1. The van der Waals surface area contributed by atoms with Crippen LogP contribution in [0.25, 0.3) is 0 Å². The Morgan fingerprint density at radius 1 is 1.67 bits per heavy atom. The van der Waals surface area contributed by atoms with Crippen LogP contribution in [0.3, 0.4) is 0 Å². The van der Waals surface area contributed by atoms with Gasteiger partial charge in [0.05, 0.1) is 11.0 Å². The molecule has 1 rings (SSSR count). The summed E-state index contributed by atoms with van der Waals surface area (Å²) in [5, 5.41) is 9.66. The molecule has 0 amide bonds. The number of halogens is 1. The minimum Gasteiger partial charge on any atom is -0.389 e. The highest BCUT2D eigenvalue weighted by Crippen LogP contribution is 2.37. The summed E-state index contributed by atoms with van der Waals surface area (Å²) in [6, 6.07) is 0. The summed E-state index contributed by atoms with van der Waals surface area (Å²) in [6.45, 7) is 7.78. The average Bonchev–Trinajstić information content (AvgIpc) is 1.94. The van der Waals surface area contributed by atoms with Gasteiger partial charge in [0.1, 0.15) is 0 Å². The van der Waals surface area contributed by atoms with Gasteiger partial charge in [0.15, 0.2) is 0 Å². The van der Waals surface area contributed by atoms with Crippen LogP contribution in [0.4, 0.5) is 0 Å². The highest BCUT2D eigenvalue weighted by Gasteiger charge is 2.37. The van der Waals surface area contributed by atoms with Gasteiger partial charge in [0.2, 0.25) is 0 Å². The van der Waals surface area contributed by atoms with Crippen molar-refractivity contribution in [3.05, 3.63) is 12.2 Å². The van der Waals surface area contributed by atoms with Gasteiger partial charge in [0, 0.05) is 0 Å². The van der Waals surface area contributed by atoms with Crippen LogP contribution >= 0.6 is 11.6 Å². The summed E-state index contributed by atoms with van der Waals surface area (Å²) in [6.07, 6.45) is 2.67. The molecule has 2 heteroatoms. The molecule has 1 fully saturated rings. The zero-order valence-electron chi connectivity index (χ0n) is 7.81. The largest absolute Gasteiger partial charge is 0.389 e. The lowest BCUT2D eigenvalue weighted by Crippen LogP contribution is -2.41. The van der Waals surface area contributed by atoms with E-state index in [0.717, 1.165) is 19.3 Å². The van der Waals surface area contributed by atoms with E-state index in [1.807, 2.05) is 13.8 Å². The molecule has 3 atom stereocenters. The summed E-state index contributed by atoms with van der Waals surface area (Å²) in [5.41, 5.74) is 0.518. The molecule has 0 aromatic carbocycles. The van der Waals surface area contributed by atoms with E-state index in [0.29, 0.717) is 5.92 Å². The van der Waals surface area contributed by atoms with Gasteiger partial charge in [-0.1, -0.05) is 12.2 Å². The third kappa shape index (κ3) is 2.02. The summed E-state index contributed by atoms with van der Waals surface area (Å²) in [7, 11) is 0. The monoisotopic (exact) mass is 188 g/mol. The molecule has 0 aromatic rings. The van der Waals surface area contributed by atoms with Crippen molar-refractivity contribution in [2.24, 2.45) is 5.92 Å². The van der Waals surface area contributed by atoms with Crippen molar-refractivity contribution in [3.63, 3.8) is 0 Å². The molecule has 1 nitrogen and oxygen atoms in total. The molecule has 0 heterocycles. The summed E-state index contributed by atoms with van der Waals surface area (Å²) in [5.74, 6) is 0.507. The van der Waals surface area contributed by atoms with E-state index in [-0.39, 0.29) is 5.38 Å². The third-order valence-corrected chi connectivity index (χ3v) is 3.51. The molecule has 1 saturated carbocycles. The van der Waals surface area contributed by atoms with Crippen molar-refractivity contribution in [2.45, 2.75) is 44.1 Å². The summed E-state index contributed by atoms with van der Waals surface area (Å²) >= 11 is 6.06. The highest BCUT2D eigenvalue weighted by atomic mass is 35.5. The molecule has 1 N–H and O–H groups in total. The first-order valence-electron chi connectivity index (χ1n) is 4.45. The van der Waals surface area contributed by atoms with E-state index >= 15 is 0 Å². The average molecular weight is 189 g/mol. The molecule has 0 saturated heterocycles. The number of alkyl halides is 1. The van der Waals surface area contributed by atoms with Crippen molar-refractivity contribution >= 4 is 11.6 Å². The Labute approximate surface area is 79.4 Å². The smallest absolute Gasteiger partial charge is 0.0783 e. The second-order valence-corrected chi connectivity index (χ2v) is 4.67. The number of hydrogen-bond acceptors (Lipinski definition) is 1. The fourth-order valence-corrected chi connectivity index (χ4v) is 2.02. The molecule has 0 radical (unpaired) electrons. The Morgan fingerprint density at radius 2 is 2.25 bits per heavy atom. The first kappa shape index (κ1) is 10.1. The van der Waals surface area contributed by atoms with Crippen molar-refractivity contribution in [3.8, 4) is 0 Å². The molecular formula is C10H17ClO. The third-order valence-electron chi connectivity index (χ3n) is 2.86. The zero-order valence-corrected chi connectivity index (χ0v) is 8.56. The molecule has 0 aliphatic heterocycles. The van der Waals surface area contributed by atoms with Gasteiger partial charge in [-0.15, -0.1) is 11.6 Å². The second-order valence-electron chi connectivity index (χ2n) is 4.14. The predicted octanol–water partition coefficient (Wildman–Crippen LogP) is 2.72. The quantitative estimate of drug-likeness (QED) is 0.496. The van der Waals surface area contributed by atoms with E-state index < -0.39 is 5.60 Å². The van der Waals surface area contributed by atoms with Crippen LogP contribution in [0.5, 0.6) is 0 Å². The molecular weight excluding hydrogens is 172 g/mol. The maximum absolute atomic E-state index is 9.78. The molecule has 0 aromatic heterocycles. The summed E-state index contributed by atoms with van der Waals surface area (Å²) < 4.78 is 0. The first-order valence-corrected chi connectivity index (χ1v) is 4.89.